The van der Waals surface area contributed by atoms with Crippen molar-refractivity contribution in [1.29, 1.82) is 0 Å². The maximum atomic E-state index is 13.1. The quantitative estimate of drug-likeness (QED) is 0.655. The Morgan fingerprint density at radius 1 is 0.943 bits per heavy atom. The Bertz CT molecular complexity index is 1240. The van der Waals surface area contributed by atoms with Gasteiger partial charge in [-0.25, -0.2) is 8.42 Å². The van der Waals surface area contributed by atoms with Crippen LogP contribution in [0.1, 0.15) is 43.2 Å². The smallest absolute Gasteiger partial charge is 0.243 e. The van der Waals surface area contributed by atoms with Gasteiger partial charge in [0.1, 0.15) is 6.54 Å². The Balaban J connectivity index is 1.30. The van der Waals surface area contributed by atoms with Gasteiger partial charge in [-0.15, -0.1) is 0 Å². The summed E-state index contributed by atoms with van der Waals surface area (Å²) in [7, 11) is -3.57. The van der Waals surface area contributed by atoms with Crippen molar-refractivity contribution in [2.24, 2.45) is 0 Å². The third-order valence-electron chi connectivity index (χ3n) is 6.66. The maximum Gasteiger partial charge on any atom is 0.243 e. The Morgan fingerprint density at radius 2 is 1.74 bits per heavy atom. The molecular formula is C25H29N3O6S. The van der Waals surface area contributed by atoms with Crippen LogP contribution in [0.3, 0.4) is 0 Å². The van der Waals surface area contributed by atoms with E-state index in [-0.39, 0.29) is 36.6 Å². The minimum Gasteiger partial charge on any atom is -0.454 e. The number of benzene rings is 2. The summed E-state index contributed by atoms with van der Waals surface area (Å²) in [6.07, 6.45) is 4.28. The van der Waals surface area contributed by atoms with Crippen molar-refractivity contribution in [3.63, 3.8) is 0 Å². The lowest BCUT2D eigenvalue weighted by atomic mass is 10.1. The van der Waals surface area contributed by atoms with Crippen molar-refractivity contribution < 1.29 is 27.5 Å². The first-order valence-electron chi connectivity index (χ1n) is 12.0. The zero-order chi connectivity index (χ0) is 24.4. The third-order valence-corrected chi connectivity index (χ3v) is 8.56. The first-order chi connectivity index (χ1) is 16.9. The van der Waals surface area contributed by atoms with Crippen LogP contribution in [0, 0.1) is 0 Å². The molecule has 0 aliphatic carbocycles. The highest BCUT2D eigenvalue weighted by atomic mass is 32.2. The molecule has 0 atom stereocenters. The summed E-state index contributed by atoms with van der Waals surface area (Å²) < 4.78 is 38.5. The number of amides is 2. The number of sulfonamides is 1. The Hall–Kier alpha value is -3.11. The van der Waals surface area contributed by atoms with Gasteiger partial charge in [0.15, 0.2) is 11.5 Å². The molecule has 5 rings (SSSR count). The molecular weight excluding hydrogens is 470 g/mol. The van der Waals surface area contributed by atoms with Gasteiger partial charge < -0.3 is 19.7 Å². The lowest BCUT2D eigenvalue weighted by molar-refractivity contribution is -0.123. The van der Waals surface area contributed by atoms with Crippen molar-refractivity contribution in [2.45, 2.75) is 50.0 Å². The van der Waals surface area contributed by atoms with Gasteiger partial charge in [0.2, 0.25) is 28.6 Å². The lowest BCUT2D eigenvalue weighted by Gasteiger charge is -2.27. The molecule has 0 radical (unpaired) electrons. The predicted molar refractivity (Wildman–Crippen MR) is 129 cm³/mol. The summed E-state index contributed by atoms with van der Waals surface area (Å²) >= 11 is 0. The van der Waals surface area contributed by atoms with Crippen LogP contribution in [0.2, 0.25) is 0 Å². The van der Waals surface area contributed by atoms with Crippen LogP contribution in [0.5, 0.6) is 11.5 Å². The summed E-state index contributed by atoms with van der Waals surface area (Å²) in [6.45, 7) is 1.41. The van der Waals surface area contributed by atoms with Crippen molar-refractivity contribution in [1.82, 2.24) is 9.62 Å². The van der Waals surface area contributed by atoms with Crippen molar-refractivity contribution >= 4 is 27.5 Å². The fraction of sp³-hybridized carbons (Fsp3) is 0.440. The highest BCUT2D eigenvalue weighted by Crippen LogP contribution is 2.33. The molecule has 2 aromatic rings. The van der Waals surface area contributed by atoms with Crippen LogP contribution in [0.4, 0.5) is 5.69 Å². The van der Waals surface area contributed by atoms with Crippen LogP contribution < -0.4 is 19.7 Å². The molecule has 1 saturated heterocycles. The predicted octanol–water partition coefficient (Wildman–Crippen LogP) is 2.58. The minimum absolute atomic E-state index is 0.130. The van der Waals surface area contributed by atoms with Crippen LogP contribution in [-0.2, 0) is 32.6 Å². The summed E-state index contributed by atoms with van der Waals surface area (Å²) in [5.74, 6) is 0.875. The van der Waals surface area contributed by atoms with E-state index in [1.165, 1.54) is 4.90 Å². The monoisotopic (exact) mass is 499 g/mol. The number of carbonyl (C=O) groups is 2. The summed E-state index contributed by atoms with van der Waals surface area (Å²) in [5, 5.41) is 2.86. The molecule has 1 fully saturated rings. The minimum atomic E-state index is -3.57. The molecule has 2 aromatic carbocycles. The maximum absolute atomic E-state index is 13.1. The second-order valence-corrected chi connectivity index (χ2v) is 11.0. The van der Waals surface area contributed by atoms with Gasteiger partial charge >= 0.3 is 0 Å². The van der Waals surface area contributed by atoms with E-state index in [0.717, 1.165) is 30.4 Å². The first-order valence-corrected chi connectivity index (χ1v) is 13.4. The Morgan fingerprint density at radius 3 is 2.57 bits per heavy atom. The van der Waals surface area contributed by atoms with Crippen molar-refractivity contribution in [3.8, 4) is 11.5 Å². The molecule has 2 amide bonds. The van der Waals surface area contributed by atoms with Gasteiger partial charge in [0.25, 0.3) is 0 Å². The molecule has 9 nitrogen and oxygen atoms in total. The number of hydrogen-bond acceptors (Lipinski definition) is 6. The normalized spacial score (nSPS) is 18.2. The van der Waals surface area contributed by atoms with Crippen LogP contribution in [-0.4, -0.2) is 51.0 Å². The second-order valence-electron chi connectivity index (χ2n) is 9.05. The number of nitrogens with one attached hydrogen (secondary N) is 1. The standard InChI is InChI=1S/C25H29N3O6S/c29-24(26-15-18-7-10-22-23(13-18)34-17-33-22)16-28-21-9-8-20(14-19(21)5-4-6-25(28)30)35(31,32)27-11-2-1-3-12-27/h7-10,13-14H,1-6,11-12,15-17H2,(H,26,29). The largest absolute Gasteiger partial charge is 0.454 e. The van der Waals surface area contributed by atoms with Gasteiger partial charge in [-0.1, -0.05) is 12.5 Å². The first kappa shape index (κ1) is 23.6. The van der Waals surface area contributed by atoms with E-state index in [0.29, 0.717) is 49.5 Å². The summed E-state index contributed by atoms with van der Waals surface area (Å²) in [6, 6.07) is 10.4. The SMILES string of the molecule is O=C(CN1C(=O)CCCc2cc(S(=O)(=O)N3CCCCC3)ccc21)NCc1ccc2c(c1)OCO2. The molecule has 3 aliphatic rings. The molecule has 0 spiro atoms. The van der Waals surface area contributed by atoms with E-state index in [1.807, 2.05) is 12.1 Å². The highest BCUT2D eigenvalue weighted by molar-refractivity contribution is 7.89. The molecule has 10 heteroatoms. The number of piperidine rings is 1. The fourth-order valence-electron chi connectivity index (χ4n) is 4.76. The van der Waals surface area contributed by atoms with Crippen LogP contribution in [0.15, 0.2) is 41.3 Å². The molecule has 186 valence electrons. The average molecular weight is 500 g/mol. The molecule has 3 aliphatic heterocycles. The van der Waals surface area contributed by atoms with Gasteiger partial charge in [-0.05, 0) is 67.1 Å². The molecule has 35 heavy (non-hydrogen) atoms. The van der Waals surface area contributed by atoms with Gasteiger partial charge in [0.05, 0.1) is 4.90 Å². The molecule has 0 saturated carbocycles. The lowest BCUT2D eigenvalue weighted by Crippen LogP contribution is -2.40. The van der Waals surface area contributed by atoms with Gasteiger partial charge in [0, 0.05) is 31.7 Å². The number of fused-ring (bicyclic) bond motifs is 2. The summed E-state index contributed by atoms with van der Waals surface area (Å²) in [5.41, 5.74) is 2.23. The molecule has 0 unspecified atom stereocenters. The number of ether oxygens (including phenoxy) is 2. The Labute approximate surface area is 205 Å². The summed E-state index contributed by atoms with van der Waals surface area (Å²) in [4.78, 5) is 27.3. The van der Waals surface area contributed by atoms with E-state index in [9.17, 15) is 18.0 Å². The fourth-order valence-corrected chi connectivity index (χ4v) is 6.33. The molecule has 0 aromatic heterocycles. The van der Waals surface area contributed by atoms with E-state index in [2.05, 4.69) is 5.32 Å². The van der Waals surface area contributed by atoms with Crippen molar-refractivity contribution in [3.05, 3.63) is 47.5 Å². The van der Waals surface area contributed by atoms with Gasteiger partial charge in [-0.2, -0.15) is 4.31 Å². The molecule has 1 N–H and O–H groups in total. The zero-order valence-corrected chi connectivity index (χ0v) is 20.3. The van der Waals surface area contributed by atoms with Crippen LogP contribution in [0.25, 0.3) is 0 Å². The van der Waals surface area contributed by atoms with E-state index < -0.39 is 10.0 Å². The molecule has 3 heterocycles. The number of hydrogen-bond donors (Lipinski definition) is 1. The Kier molecular flexibility index (Phi) is 6.66. The van der Waals surface area contributed by atoms with Crippen molar-refractivity contribution in [2.75, 3.05) is 31.3 Å². The topological polar surface area (TPSA) is 105 Å². The number of rotatable bonds is 6. The second kappa shape index (κ2) is 9.87. The number of carbonyl (C=O) groups excluding carboxylic acids is 2. The van der Waals surface area contributed by atoms with E-state index >= 15 is 0 Å². The van der Waals surface area contributed by atoms with Gasteiger partial charge in [-0.3, -0.25) is 9.59 Å². The highest BCUT2D eigenvalue weighted by Gasteiger charge is 2.29. The number of aryl methyl sites for hydroxylation is 1. The number of anilines is 1. The van der Waals surface area contributed by atoms with E-state index in [4.69, 9.17) is 9.47 Å². The number of nitrogens with zero attached hydrogens (tertiary/aromatic N) is 2. The average Bonchev–Trinajstić information content (AvgIpc) is 3.28. The van der Waals surface area contributed by atoms with Crippen LogP contribution >= 0.6 is 0 Å². The van der Waals surface area contributed by atoms with E-state index in [1.54, 1.807) is 28.6 Å². The zero-order valence-electron chi connectivity index (χ0n) is 19.5. The third kappa shape index (κ3) is 4.99. The molecule has 0 bridgehead atoms.